The molecule has 1 aliphatic carbocycles. The van der Waals surface area contributed by atoms with Crippen molar-refractivity contribution in [1.82, 2.24) is 4.98 Å². The first-order valence-corrected chi connectivity index (χ1v) is 7.04. The summed E-state index contributed by atoms with van der Waals surface area (Å²) in [6.45, 7) is 0. The third-order valence-electron chi connectivity index (χ3n) is 4.35. The van der Waals surface area contributed by atoms with E-state index in [-0.39, 0.29) is 5.82 Å². The minimum atomic E-state index is -1.09. The van der Waals surface area contributed by atoms with Crippen LogP contribution in [0.5, 0.6) is 0 Å². The van der Waals surface area contributed by atoms with Gasteiger partial charge in [0.2, 0.25) is 0 Å². The highest BCUT2D eigenvalue weighted by molar-refractivity contribution is 5.83. The van der Waals surface area contributed by atoms with Crippen LogP contribution in [0.1, 0.15) is 23.1 Å². The number of rotatable bonds is 1. The maximum Gasteiger partial charge on any atom is 0.123 e. The first-order valence-electron chi connectivity index (χ1n) is 7.04. The Kier molecular flexibility index (Phi) is 2.59. The van der Waals surface area contributed by atoms with Crippen molar-refractivity contribution in [2.24, 2.45) is 0 Å². The van der Waals surface area contributed by atoms with E-state index < -0.39 is 5.60 Å². The van der Waals surface area contributed by atoms with Crippen LogP contribution in [0.15, 0.2) is 54.7 Å². The molecule has 0 saturated heterocycles. The van der Waals surface area contributed by atoms with Crippen LogP contribution in [0.2, 0.25) is 0 Å². The van der Waals surface area contributed by atoms with Crippen molar-refractivity contribution in [1.29, 1.82) is 0 Å². The average Bonchev–Trinajstić information content (AvgIpc) is 2.84. The molecule has 0 saturated carbocycles. The molecule has 1 atom stereocenters. The molecular weight excluding hydrogens is 265 g/mol. The average molecular weight is 279 g/mol. The first-order chi connectivity index (χ1) is 10.2. The van der Waals surface area contributed by atoms with Gasteiger partial charge in [0.1, 0.15) is 11.4 Å². The zero-order valence-electron chi connectivity index (χ0n) is 11.4. The van der Waals surface area contributed by atoms with E-state index >= 15 is 0 Å². The van der Waals surface area contributed by atoms with E-state index in [2.05, 4.69) is 4.98 Å². The number of pyridine rings is 1. The van der Waals surface area contributed by atoms with Gasteiger partial charge in [-0.15, -0.1) is 0 Å². The Bertz CT molecular complexity index is 840. The van der Waals surface area contributed by atoms with Crippen molar-refractivity contribution in [2.75, 3.05) is 0 Å². The summed E-state index contributed by atoms with van der Waals surface area (Å²) in [6.07, 6.45) is 2.96. The van der Waals surface area contributed by atoms with Crippen LogP contribution in [0, 0.1) is 5.82 Å². The highest BCUT2D eigenvalue weighted by atomic mass is 19.1. The summed E-state index contributed by atoms with van der Waals surface area (Å²) in [4.78, 5) is 4.43. The number of aryl methyl sites for hydroxylation is 1. The largest absolute Gasteiger partial charge is 0.380 e. The van der Waals surface area contributed by atoms with Crippen LogP contribution in [0.4, 0.5) is 4.39 Å². The molecule has 0 amide bonds. The normalized spacial score (nSPS) is 20.7. The molecule has 1 unspecified atom stereocenters. The molecule has 3 aromatic rings. The van der Waals surface area contributed by atoms with Crippen LogP contribution in [-0.2, 0) is 12.0 Å². The van der Waals surface area contributed by atoms with Gasteiger partial charge in [0.25, 0.3) is 0 Å². The Morgan fingerprint density at radius 3 is 2.81 bits per heavy atom. The highest BCUT2D eigenvalue weighted by Gasteiger charge is 2.39. The van der Waals surface area contributed by atoms with Gasteiger partial charge < -0.3 is 5.11 Å². The Morgan fingerprint density at radius 2 is 1.90 bits per heavy atom. The van der Waals surface area contributed by atoms with Gasteiger partial charge in [-0.2, -0.15) is 0 Å². The molecule has 104 valence electrons. The van der Waals surface area contributed by atoms with Crippen LogP contribution in [-0.4, -0.2) is 10.1 Å². The number of halogens is 1. The van der Waals surface area contributed by atoms with Crippen molar-refractivity contribution >= 4 is 10.9 Å². The number of para-hydroxylation sites is 1. The number of benzene rings is 2. The number of hydrogen-bond donors (Lipinski definition) is 1. The fraction of sp³-hybridized carbons (Fsp3) is 0.167. The number of aromatic nitrogens is 1. The first kappa shape index (κ1) is 12.5. The Hall–Kier alpha value is -2.26. The molecule has 1 aliphatic rings. The Morgan fingerprint density at radius 1 is 1.05 bits per heavy atom. The van der Waals surface area contributed by atoms with Gasteiger partial charge >= 0.3 is 0 Å². The molecule has 21 heavy (non-hydrogen) atoms. The second kappa shape index (κ2) is 4.37. The van der Waals surface area contributed by atoms with Crippen LogP contribution >= 0.6 is 0 Å². The lowest BCUT2D eigenvalue weighted by Crippen LogP contribution is -2.24. The summed E-state index contributed by atoms with van der Waals surface area (Å²) in [5.41, 5.74) is 2.19. The Balaban J connectivity index is 1.98. The molecule has 2 aromatic carbocycles. The zero-order valence-corrected chi connectivity index (χ0v) is 11.4. The van der Waals surface area contributed by atoms with Crippen molar-refractivity contribution in [2.45, 2.75) is 18.4 Å². The van der Waals surface area contributed by atoms with Gasteiger partial charge in [0.15, 0.2) is 0 Å². The molecule has 2 nitrogen and oxygen atoms in total. The fourth-order valence-electron chi connectivity index (χ4n) is 3.34. The lowest BCUT2D eigenvalue weighted by molar-refractivity contribution is 0.0843. The predicted octanol–water partition coefficient (Wildman–Crippen LogP) is 3.56. The topological polar surface area (TPSA) is 33.1 Å². The summed E-state index contributed by atoms with van der Waals surface area (Å²) in [5.74, 6) is -0.256. The lowest BCUT2D eigenvalue weighted by atomic mass is 9.86. The molecule has 3 heteroatoms. The van der Waals surface area contributed by atoms with E-state index in [4.69, 9.17) is 0 Å². The number of hydrogen-bond acceptors (Lipinski definition) is 2. The van der Waals surface area contributed by atoms with E-state index in [0.717, 1.165) is 27.6 Å². The van der Waals surface area contributed by atoms with Crippen LogP contribution in [0.3, 0.4) is 0 Å². The quantitative estimate of drug-likeness (QED) is 0.739. The van der Waals surface area contributed by atoms with E-state index in [0.29, 0.717) is 12.8 Å². The highest BCUT2D eigenvalue weighted by Crippen LogP contribution is 2.43. The Labute approximate surface area is 121 Å². The molecule has 0 radical (unpaired) electrons. The molecule has 4 rings (SSSR count). The van der Waals surface area contributed by atoms with E-state index in [1.165, 1.54) is 12.1 Å². The molecule has 0 spiro atoms. The second-order valence-electron chi connectivity index (χ2n) is 5.54. The van der Waals surface area contributed by atoms with Gasteiger partial charge in [-0.1, -0.05) is 30.3 Å². The van der Waals surface area contributed by atoms with E-state index in [1.807, 2.05) is 30.3 Å². The SMILES string of the molecule is OC1(c2cccc3cccnc23)CCc2cc(F)ccc21. The van der Waals surface area contributed by atoms with Gasteiger partial charge in [0.05, 0.1) is 5.52 Å². The van der Waals surface area contributed by atoms with Crippen LogP contribution in [0.25, 0.3) is 10.9 Å². The van der Waals surface area contributed by atoms with Crippen molar-refractivity contribution in [3.8, 4) is 0 Å². The van der Waals surface area contributed by atoms with E-state index in [1.54, 1.807) is 12.3 Å². The molecule has 1 aromatic heterocycles. The standard InChI is InChI=1S/C18H14FNO/c19-14-6-7-15-13(11-14)8-9-18(15,21)16-5-1-3-12-4-2-10-20-17(12)16/h1-7,10-11,21H,8-9H2. The third-order valence-corrected chi connectivity index (χ3v) is 4.35. The fourth-order valence-corrected chi connectivity index (χ4v) is 3.34. The van der Waals surface area contributed by atoms with Crippen LogP contribution < -0.4 is 0 Å². The van der Waals surface area contributed by atoms with Crippen molar-refractivity contribution in [3.05, 3.63) is 77.2 Å². The maximum atomic E-state index is 13.4. The van der Waals surface area contributed by atoms with Gasteiger partial charge in [-0.25, -0.2) is 4.39 Å². The smallest absolute Gasteiger partial charge is 0.123 e. The summed E-state index contributed by atoms with van der Waals surface area (Å²) in [5, 5.41) is 12.2. The molecule has 1 N–H and O–H groups in total. The summed E-state index contributed by atoms with van der Waals surface area (Å²) in [7, 11) is 0. The minimum absolute atomic E-state index is 0.256. The maximum absolute atomic E-state index is 13.4. The zero-order chi connectivity index (χ0) is 14.4. The van der Waals surface area contributed by atoms with E-state index in [9.17, 15) is 9.50 Å². The van der Waals surface area contributed by atoms with Crippen molar-refractivity contribution in [3.63, 3.8) is 0 Å². The number of aliphatic hydroxyl groups is 1. The van der Waals surface area contributed by atoms with Gasteiger partial charge in [0, 0.05) is 17.1 Å². The molecular formula is C18H14FNO. The second-order valence-corrected chi connectivity index (χ2v) is 5.54. The predicted molar refractivity (Wildman–Crippen MR) is 79.5 cm³/mol. The van der Waals surface area contributed by atoms with Crippen molar-refractivity contribution < 1.29 is 9.50 Å². The van der Waals surface area contributed by atoms with Gasteiger partial charge in [-0.05, 0) is 42.2 Å². The number of nitrogens with zero attached hydrogens (tertiary/aromatic N) is 1. The molecule has 1 heterocycles. The lowest BCUT2D eigenvalue weighted by Gasteiger charge is -2.25. The number of fused-ring (bicyclic) bond motifs is 2. The minimum Gasteiger partial charge on any atom is -0.380 e. The summed E-state index contributed by atoms with van der Waals surface area (Å²) in [6, 6.07) is 14.3. The summed E-state index contributed by atoms with van der Waals surface area (Å²) >= 11 is 0. The summed E-state index contributed by atoms with van der Waals surface area (Å²) < 4.78 is 13.4. The third kappa shape index (κ3) is 1.78. The van der Waals surface area contributed by atoms with Gasteiger partial charge in [-0.3, -0.25) is 4.98 Å². The molecule has 0 aliphatic heterocycles. The molecule has 0 fully saturated rings. The molecule has 0 bridgehead atoms. The monoisotopic (exact) mass is 279 g/mol.